The van der Waals surface area contributed by atoms with Crippen molar-refractivity contribution in [2.24, 2.45) is 0 Å². The van der Waals surface area contributed by atoms with E-state index < -0.39 is 0 Å². The van der Waals surface area contributed by atoms with Crippen LogP contribution in [0.3, 0.4) is 0 Å². The van der Waals surface area contributed by atoms with Gasteiger partial charge in [-0.1, -0.05) is 200 Å². The lowest BCUT2D eigenvalue weighted by molar-refractivity contribution is 1.28. The Balaban J connectivity index is 1.08. The first-order chi connectivity index (χ1) is 35.7. The molecular formula is C70H48N2. The van der Waals surface area contributed by atoms with Crippen molar-refractivity contribution in [3.05, 3.63) is 291 Å². The molecule has 0 spiro atoms. The minimum atomic E-state index is 1.09. The first-order valence-electron chi connectivity index (χ1n) is 24.7. The molecule has 0 radical (unpaired) electrons. The Bertz CT molecular complexity index is 3960. The standard InChI is InChI=1S/C70H48N2/c1-6-21-50(22-7-1)65-48-66(51-36-41-60(42-37-51)71(56-24-8-2-9-25-56)57-26-10-3-11-27-57)69-64-45-40-55(54-35-34-49-20-16-17-23-53(49)46-54)47-67(64)62-32-18-19-33-63(62)70(69)68(65)52-38-43-61(44-39-52)72(58-28-12-4-13-29-58)59-30-14-5-15-31-59/h1-48H. The molecule has 0 aliphatic carbocycles. The second-order valence-corrected chi connectivity index (χ2v) is 18.4. The Morgan fingerprint density at radius 2 is 0.583 bits per heavy atom. The number of hydrogen-bond donors (Lipinski definition) is 0. The van der Waals surface area contributed by atoms with Crippen LogP contribution in [-0.2, 0) is 0 Å². The number of hydrogen-bond acceptors (Lipinski definition) is 2. The minimum Gasteiger partial charge on any atom is -0.311 e. The average molecular weight is 917 g/mol. The van der Waals surface area contributed by atoms with Gasteiger partial charge < -0.3 is 9.80 Å². The lowest BCUT2D eigenvalue weighted by atomic mass is 9.81. The highest BCUT2D eigenvalue weighted by molar-refractivity contribution is 6.33. The summed E-state index contributed by atoms with van der Waals surface area (Å²) in [6.45, 7) is 0. The zero-order valence-corrected chi connectivity index (χ0v) is 39.6. The second kappa shape index (κ2) is 18.4. The summed E-state index contributed by atoms with van der Waals surface area (Å²) in [6, 6.07) is 106. The minimum absolute atomic E-state index is 1.09. The van der Waals surface area contributed by atoms with Gasteiger partial charge in [0.2, 0.25) is 0 Å². The fraction of sp³-hybridized carbons (Fsp3) is 0. The molecule has 13 rings (SSSR count). The van der Waals surface area contributed by atoms with Crippen LogP contribution < -0.4 is 9.80 Å². The van der Waals surface area contributed by atoms with Crippen molar-refractivity contribution in [1.29, 1.82) is 0 Å². The fourth-order valence-electron chi connectivity index (χ4n) is 10.8. The third-order valence-corrected chi connectivity index (χ3v) is 14.2. The Hall–Kier alpha value is -9.50. The Kier molecular flexibility index (Phi) is 10.9. The highest BCUT2D eigenvalue weighted by atomic mass is 15.1. The maximum atomic E-state index is 2.47. The molecule has 0 bridgehead atoms. The first kappa shape index (κ1) is 42.6. The van der Waals surface area contributed by atoms with Crippen LogP contribution >= 0.6 is 0 Å². The van der Waals surface area contributed by atoms with Gasteiger partial charge in [0.15, 0.2) is 0 Å². The quantitative estimate of drug-likeness (QED) is 0.126. The molecule has 13 aromatic carbocycles. The zero-order valence-electron chi connectivity index (χ0n) is 39.6. The summed E-state index contributed by atoms with van der Waals surface area (Å²) in [7, 11) is 0. The van der Waals surface area contributed by atoms with Crippen LogP contribution in [0, 0.1) is 0 Å². The number of anilines is 6. The third-order valence-electron chi connectivity index (χ3n) is 14.2. The maximum Gasteiger partial charge on any atom is 0.0462 e. The first-order valence-corrected chi connectivity index (χ1v) is 24.7. The smallest absolute Gasteiger partial charge is 0.0462 e. The molecule has 0 unspecified atom stereocenters. The largest absolute Gasteiger partial charge is 0.311 e. The van der Waals surface area contributed by atoms with Crippen LogP contribution in [0.1, 0.15) is 0 Å². The summed E-state index contributed by atoms with van der Waals surface area (Å²) >= 11 is 0. The van der Waals surface area contributed by atoms with Gasteiger partial charge in [0.25, 0.3) is 0 Å². The van der Waals surface area contributed by atoms with Gasteiger partial charge in [-0.25, -0.2) is 0 Å². The molecule has 0 atom stereocenters. The molecule has 338 valence electrons. The predicted molar refractivity (Wildman–Crippen MR) is 308 cm³/mol. The molecule has 13 aromatic rings. The van der Waals surface area contributed by atoms with E-state index in [2.05, 4.69) is 301 Å². The van der Waals surface area contributed by atoms with E-state index in [0.717, 1.165) is 45.3 Å². The summed E-state index contributed by atoms with van der Waals surface area (Å²) in [5, 5.41) is 9.86. The van der Waals surface area contributed by atoms with E-state index in [-0.39, 0.29) is 0 Å². The van der Waals surface area contributed by atoms with Gasteiger partial charge in [0, 0.05) is 34.1 Å². The summed E-state index contributed by atoms with van der Waals surface area (Å²) in [4.78, 5) is 4.66. The number of para-hydroxylation sites is 4. The van der Waals surface area contributed by atoms with Gasteiger partial charge in [-0.05, 0) is 179 Å². The molecule has 0 saturated heterocycles. The van der Waals surface area contributed by atoms with Crippen LogP contribution in [0.5, 0.6) is 0 Å². The molecule has 0 aromatic heterocycles. The molecule has 0 aliphatic heterocycles. The van der Waals surface area contributed by atoms with Crippen molar-refractivity contribution in [2.75, 3.05) is 9.80 Å². The van der Waals surface area contributed by atoms with Crippen molar-refractivity contribution in [3.8, 4) is 44.5 Å². The van der Waals surface area contributed by atoms with Crippen LogP contribution in [0.15, 0.2) is 291 Å². The van der Waals surface area contributed by atoms with Gasteiger partial charge in [-0.3, -0.25) is 0 Å². The van der Waals surface area contributed by atoms with E-state index in [4.69, 9.17) is 0 Å². The Morgan fingerprint density at radius 1 is 0.194 bits per heavy atom. The molecule has 0 fully saturated rings. The van der Waals surface area contributed by atoms with Crippen molar-refractivity contribution >= 4 is 77.2 Å². The lowest BCUT2D eigenvalue weighted by Crippen LogP contribution is -2.09. The summed E-state index contributed by atoms with van der Waals surface area (Å²) in [5.74, 6) is 0. The van der Waals surface area contributed by atoms with E-state index in [9.17, 15) is 0 Å². The highest BCUT2D eigenvalue weighted by Crippen LogP contribution is 2.50. The number of nitrogens with zero attached hydrogens (tertiary/aromatic N) is 2. The van der Waals surface area contributed by atoms with Gasteiger partial charge >= 0.3 is 0 Å². The Morgan fingerprint density at radius 3 is 1.14 bits per heavy atom. The van der Waals surface area contributed by atoms with Crippen LogP contribution in [0.25, 0.3) is 87.6 Å². The van der Waals surface area contributed by atoms with E-state index in [1.165, 1.54) is 76.5 Å². The lowest BCUT2D eigenvalue weighted by Gasteiger charge is -2.26. The SMILES string of the molecule is c1ccc(-c2cc(-c3ccc(N(c4ccccc4)c4ccccc4)cc3)c3c4ccc(-c5ccc6ccccc6c5)cc4c4ccccc4c3c2-c2ccc(N(c3ccccc3)c3ccccc3)cc2)cc1. The van der Waals surface area contributed by atoms with Crippen LogP contribution in [0.2, 0.25) is 0 Å². The van der Waals surface area contributed by atoms with Crippen molar-refractivity contribution in [2.45, 2.75) is 0 Å². The number of benzene rings is 13. The predicted octanol–water partition coefficient (Wildman–Crippen LogP) is 19.9. The van der Waals surface area contributed by atoms with Gasteiger partial charge in [0.1, 0.15) is 0 Å². The summed E-state index contributed by atoms with van der Waals surface area (Å²) in [6.07, 6.45) is 0. The molecular weight excluding hydrogens is 869 g/mol. The molecule has 2 heteroatoms. The van der Waals surface area contributed by atoms with Crippen molar-refractivity contribution in [1.82, 2.24) is 0 Å². The number of rotatable bonds is 10. The van der Waals surface area contributed by atoms with E-state index >= 15 is 0 Å². The van der Waals surface area contributed by atoms with Crippen molar-refractivity contribution < 1.29 is 0 Å². The molecule has 0 N–H and O–H groups in total. The average Bonchev–Trinajstić information content (AvgIpc) is 3.46. The molecule has 0 heterocycles. The third kappa shape index (κ3) is 7.73. The topological polar surface area (TPSA) is 6.48 Å². The van der Waals surface area contributed by atoms with Gasteiger partial charge in [0.05, 0.1) is 0 Å². The fourth-order valence-corrected chi connectivity index (χ4v) is 10.8. The summed E-state index contributed by atoms with van der Waals surface area (Å²) < 4.78 is 0. The van der Waals surface area contributed by atoms with Crippen molar-refractivity contribution in [3.63, 3.8) is 0 Å². The van der Waals surface area contributed by atoms with Crippen LogP contribution in [0.4, 0.5) is 34.1 Å². The molecule has 0 aliphatic rings. The molecule has 2 nitrogen and oxygen atoms in total. The molecule has 0 saturated carbocycles. The second-order valence-electron chi connectivity index (χ2n) is 18.4. The summed E-state index contributed by atoms with van der Waals surface area (Å²) in [5.41, 5.74) is 16.1. The zero-order chi connectivity index (χ0) is 47.8. The van der Waals surface area contributed by atoms with Crippen LogP contribution in [-0.4, -0.2) is 0 Å². The highest BCUT2D eigenvalue weighted by Gasteiger charge is 2.23. The Labute approximate surface area is 420 Å². The maximum absolute atomic E-state index is 2.47. The molecule has 0 amide bonds. The van der Waals surface area contributed by atoms with Gasteiger partial charge in [-0.2, -0.15) is 0 Å². The normalized spacial score (nSPS) is 11.3. The van der Waals surface area contributed by atoms with E-state index in [1.807, 2.05) is 0 Å². The van der Waals surface area contributed by atoms with Gasteiger partial charge in [-0.15, -0.1) is 0 Å². The monoisotopic (exact) mass is 916 g/mol. The van der Waals surface area contributed by atoms with E-state index in [1.54, 1.807) is 0 Å². The molecule has 72 heavy (non-hydrogen) atoms. The van der Waals surface area contributed by atoms with E-state index in [0.29, 0.717) is 0 Å². The number of fused-ring (bicyclic) bond motifs is 7.